The molecule has 0 spiro atoms. The molecule has 2 N–H and O–H groups in total. The van der Waals surface area contributed by atoms with Gasteiger partial charge in [-0.1, -0.05) is 18.2 Å². The highest BCUT2D eigenvalue weighted by Crippen LogP contribution is 2.27. The molecule has 2 aromatic heterocycles. The molecule has 2 aromatic carbocycles. The lowest BCUT2D eigenvalue weighted by Crippen LogP contribution is -2.44. The maximum absolute atomic E-state index is 13.3. The zero-order chi connectivity index (χ0) is 29.2. The number of alkyl halides is 3. The van der Waals surface area contributed by atoms with Crippen molar-refractivity contribution in [2.24, 2.45) is 0 Å². The van der Waals surface area contributed by atoms with E-state index in [2.05, 4.69) is 24.4 Å². The molecule has 0 radical (unpaired) electrons. The average Bonchev–Trinajstić information content (AvgIpc) is 3.27. The second-order valence-corrected chi connectivity index (χ2v) is 12.7. The lowest BCUT2D eigenvalue weighted by Gasteiger charge is -2.32. The van der Waals surface area contributed by atoms with E-state index >= 15 is 0 Å². The van der Waals surface area contributed by atoms with Gasteiger partial charge in [-0.15, -0.1) is 0 Å². The third kappa shape index (κ3) is 7.18. The van der Waals surface area contributed by atoms with Gasteiger partial charge >= 0.3 is 6.18 Å². The molecule has 4 aromatic rings. The van der Waals surface area contributed by atoms with Gasteiger partial charge < -0.3 is 5.32 Å². The van der Waals surface area contributed by atoms with Crippen LogP contribution in [0.25, 0.3) is 11.0 Å². The molecule has 3 heterocycles. The Balaban J connectivity index is 1.25. The largest absolute Gasteiger partial charge is 0.401 e. The highest BCUT2D eigenvalue weighted by atomic mass is 32.2. The number of anilines is 2. The number of aromatic nitrogens is 3. The van der Waals surface area contributed by atoms with Crippen molar-refractivity contribution in [3.8, 4) is 0 Å². The Kier molecular flexibility index (Phi) is 8.25. The highest BCUT2D eigenvalue weighted by Gasteiger charge is 2.35. The van der Waals surface area contributed by atoms with Crippen molar-refractivity contribution in [2.45, 2.75) is 37.6 Å². The van der Waals surface area contributed by atoms with Crippen LogP contribution in [-0.2, 0) is 16.4 Å². The number of nitrogens with one attached hydrogen (secondary N) is 2. The molecular weight excluding hydrogens is 577 g/mol. The number of hydrogen-bond acceptors (Lipinski definition) is 8. The Morgan fingerprint density at radius 2 is 1.78 bits per heavy atom. The first-order valence-corrected chi connectivity index (χ1v) is 15.2. The van der Waals surface area contributed by atoms with Crippen molar-refractivity contribution in [3.05, 3.63) is 76.6 Å². The van der Waals surface area contributed by atoms with Crippen LogP contribution in [0.15, 0.2) is 54.7 Å². The number of fused-ring (bicyclic) bond motifs is 1. The van der Waals surface area contributed by atoms with Crippen LogP contribution in [0.4, 0.5) is 24.5 Å². The lowest BCUT2D eigenvalue weighted by atomic mass is 10.1. The number of carbonyl (C=O) groups is 1. The number of amides is 1. The number of rotatable bonds is 8. The van der Waals surface area contributed by atoms with Gasteiger partial charge in [0.2, 0.25) is 10.0 Å². The lowest BCUT2D eigenvalue weighted by molar-refractivity contribution is -0.147. The topological polar surface area (TPSA) is 117 Å². The van der Waals surface area contributed by atoms with Gasteiger partial charge in [-0.25, -0.2) is 13.4 Å². The molecule has 0 saturated carbocycles. The first-order valence-electron chi connectivity index (χ1n) is 12.8. The van der Waals surface area contributed by atoms with E-state index in [4.69, 9.17) is 0 Å². The van der Waals surface area contributed by atoms with Gasteiger partial charge in [0.25, 0.3) is 5.91 Å². The summed E-state index contributed by atoms with van der Waals surface area (Å²) in [5.74, 6) is -0.392. The summed E-state index contributed by atoms with van der Waals surface area (Å²) < 4.78 is 70.8. The summed E-state index contributed by atoms with van der Waals surface area (Å²) in [6, 6.07) is 13.8. The third-order valence-electron chi connectivity index (χ3n) is 6.76. The number of sulfonamides is 1. The first kappa shape index (κ1) is 28.9. The molecule has 0 atom stereocenters. The van der Waals surface area contributed by atoms with E-state index in [-0.39, 0.29) is 31.6 Å². The Labute approximate surface area is 239 Å². The predicted molar refractivity (Wildman–Crippen MR) is 152 cm³/mol. The van der Waals surface area contributed by atoms with Crippen molar-refractivity contribution in [1.82, 2.24) is 19.2 Å². The molecule has 1 saturated heterocycles. The Hall–Kier alpha value is -3.62. The summed E-state index contributed by atoms with van der Waals surface area (Å²) in [6.07, 6.45) is -2.09. The summed E-state index contributed by atoms with van der Waals surface area (Å²) in [6.45, 7) is 0.779. The van der Waals surface area contributed by atoms with Crippen LogP contribution in [0.2, 0.25) is 0 Å². The molecule has 1 fully saturated rings. The number of para-hydroxylation sites is 2. The van der Waals surface area contributed by atoms with Crippen molar-refractivity contribution >= 4 is 49.9 Å². The third-order valence-corrected chi connectivity index (χ3v) is 9.56. The summed E-state index contributed by atoms with van der Waals surface area (Å²) >= 11 is 1.21. The molecule has 216 valence electrons. The van der Waals surface area contributed by atoms with Crippen molar-refractivity contribution < 1.29 is 26.4 Å². The molecule has 9 nitrogen and oxygen atoms in total. The second-order valence-electron chi connectivity index (χ2n) is 9.87. The second kappa shape index (κ2) is 11.7. The number of likely N-dealkylation sites (tertiary alicyclic amines) is 1. The molecule has 1 aliphatic heterocycles. The SMILES string of the molecule is Cc1nsc(Cc2cnc3ccccc3n2)c1C(=O)Nc1cccc(NS(=O)(=O)C2CCN(CC(F)(F)F)CC2)c1. The molecule has 1 amide bonds. The number of benzene rings is 2. The van der Waals surface area contributed by atoms with Crippen LogP contribution in [0.3, 0.4) is 0 Å². The smallest absolute Gasteiger partial charge is 0.322 e. The molecule has 14 heteroatoms. The maximum Gasteiger partial charge on any atom is 0.401 e. The van der Waals surface area contributed by atoms with E-state index < -0.39 is 33.9 Å². The van der Waals surface area contributed by atoms with E-state index in [1.54, 1.807) is 31.3 Å². The van der Waals surface area contributed by atoms with Gasteiger partial charge in [0.05, 0.1) is 45.5 Å². The molecule has 1 aliphatic rings. The van der Waals surface area contributed by atoms with Crippen LogP contribution in [0, 0.1) is 6.92 Å². The van der Waals surface area contributed by atoms with Crippen LogP contribution < -0.4 is 10.0 Å². The fraction of sp³-hybridized carbons (Fsp3) is 0.333. The van der Waals surface area contributed by atoms with Gasteiger partial charge in [0, 0.05) is 23.2 Å². The highest BCUT2D eigenvalue weighted by molar-refractivity contribution is 7.93. The Morgan fingerprint density at radius 1 is 1.07 bits per heavy atom. The molecule has 0 bridgehead atoms. The standard InChI is InChI=1S/C27H27F3N6O3S2/c1-17-25(24(40-34-17)14-20-15-31-22-7-2-3-8-23(22)32-20)26(37)33-18-5-4-6-19(13-18)35-41(38,39)21-9-11-36(12-10-21)16-27(28,29)30/h2-8,13,15,21,35H,9-12,14,16H2,1H3,(H,33,37). The van der Waals surface area contributed by atoms with E-state index in [0.29, 0.717) is 29.1 Å². The van der Waals surface area contributed by atoms with Crippen LogP contribution in [0.5, 0.6) is 0 Å². The summed E-state index contributed by atoms with van der Waals surface area (Å²) in [4.78, 5) is 24.3. The minimum absolute atomic E-state index is 0.0440. The van der Waals surface area contributed by atoms with Gasteiger partial charge in [0.1, 0.15) is 0 Å². The number of halogens is 3. The molecule has 0 unspecified atom stereocenters. The normalized spacial score (nSPS) is 15.2. The Morgan fingerprint density at radius 3 is 2.51 bits per heavy atom. The minimum atomic E-state index is -4.32. The zero-order valence-electron chi connectivity index (χ0n) is 22.0. The van der Waals surface area contributed by atoms with Crippen molar-refractivity contribution in [3.63, 3.8) is 0 Å². The number of aryl methyl sites for hydroxylation is 1. The summed E-state index contributed by atoms with van der Waals surface area (Å²) in [5, 5.41) is 2.00. The number of nitrogens with zero attached hydrogens (tertiary/aromatic N) is 4. The minimum Gasteiger partial charge on any atom is -0.322 e. The molecule has 41 heavy (non-hydrogen) atoms. The van der Waals surface area contributed by atoms with E-state index in [0.717, 1.165) is 15.9 Å². The molecular formula is C27H27F3N6O3S2. The van der Waals surface area contributed by atoms with Crippen molar-refractivity contribution in [1.29, 1.82) is 0 Å². The quantitative estimate of drug-likeness (QED) is 0.291. The fourth-order valence-corrected chi connectivity index (χ4v) is 7.14. The van der Waals surface area contributed by atoms with Gasteiger partial charge in [-0.3, -0.25) is 19.4 Å². The van der Waals surface area contributed by atoms with Gasteiger partial charge in [-0.05, 0) is 74.7 Å². The number of carbonyl (C=O) groups excluding carboxylic acids is 1. The average molecular weight is 605 g/mol. The summed E-state index contributed by atoms with van der Waals surface area (Å²) in [5.41, 5.74) is 3.82. The van der Waals surface area contributed by atoms with Crippen LogP contribution in [0.1, 0.15) is 39.5 Å². The van der Waals surface area contributed by atoms with Gasteiger partial charge in [-0.2, -0.15) is 17.5 Å². The fourth-order valence-electron chi connectivity index (χ4n) is 4.81. The van der Waals surface area contributed by atoms with E-state index in [1.807, 2.05) is 24.3 Å². The zero-order valence-corrected chi connectivity index (χ0v) is 23.6. The van der Waals surface area contributed by atoms with Crippen molar-refractivity contribution in [2.75, 3.05) is 29.7 Å². The maximum atomic E-state index is 13.3. The van der Waals surface area contributed by atoms with Crippen LogP contribution >= 0.6 is 11.5 Å². The van der Waals surface area contributed by atoms with E-state index in [9.17, 15) is 26.4 Å². The summed E-state index contributed by atoms with van der Waals surface area (Å²) in [7, 11) is -3.85. The molecule has 5 rings (SSSR count). The number of piperidine rings is 1. The number of hydrogen-bond donors (Lipinski definition) is 2. The van der Waals surface area contributed by atoms with Crippen LogP contribution in [-0.4, -0.2) is 64.6 Å². The predicted octanol–water partition coefficient (Wildman–Crippen LogP) is 5.01. The molecule has 0 aliphatic carbocycles. The Bertz CT molecular complexity index is 1670. The van der Waals surface area contributed by atoms with E-state index in [1.165, 1.54) is 22.5 Å². The van der Waals surface area contributed by atoms with Gasteiger partial charge in [0.15, 0.2) is 0 Å². The monoisotopic (exact) mass is 604 g/mol. The first-order chi connectivity index (χ1) is 19.5.